The van der Waals surface area contributed by atoms with Crippen molar-refractivity contribution in [2.45, 2.75) is 32.2 Å². The van der Waals surface area contributed by atoms with E-state index in [0.29, 0.717) is 6.04 Å². The van der Waals surface area contributed by atoms with Crippen LogP contribution in [0.2, 0.25) is 0 Å². The van der Waals surface area contributed by atoms with Crippen molar-refractivity contribution in [2.75, 3.05) is 7.05 Å². The van der Waals surface area contributed by atoms with Gasteiger partial charge in [-0.1, -0.05) is 18.9 Å². The summed E-state index contributed by atoms with van der Waals surface area (Å²) in [5.74, 6) is 0.953. The van der Waals surface area contributed by atoms with Crippen molar-refractivity contribution in [3.63, 3.8) is 0 Å². The molecular formula is C12H18N2. The summed E-state index contributed by atoms with van der Waals surface area (Å²) in [5.41, 5.74) is 2.42. The van der Waals surface area contributed by atoms with Crippen LogP contribution in [0.3, 0.4) is 0 Å². The van der Waals surface area contributed by atoms with Crippen molar-refractivity contribution in [3.8, 4) is 0 Å². The summed E-state index contributed by atoms with van der Waals surface area (Å²) in [4.78, 5) is 4.34. The van der Waals surface area contributed by atoms with Crippen molar-refractivity contribution >= 4 is 0 Å². The highest BCUT2D eigenvalue weighted by Crippen LogP contribution is 2.37. The average Bonchev–Trinajstić information content (AvgIpc) is 3.00. The van der Waals surface area contributed by atoms with E-state index in [1.165, 1.54) is 24.8 Å². The van der Waals surface area contributed by atoms with Crippen molar-refractivity contribution < 1.29 is 0 Å². The number of aryl methyl sites for hydroxylation is 1. The molecule has 0 radical (unpaired) electrons. The molecule has 14 heavy (non-hydrogen) atoms. The van der Waals surface area contributed by atoms with Gasteiger partial charge in [0.25, 0.3) is 0 Å². The standard InChI is InChI=1S/C12H18N2/c1-9-3-6-11(8-14-9)12(13-2)7-10-4-5-10/h3,6,8,10,12-13H,4-5,7H2,1-2H3. The predicted molar refractivity (Wildman–Crippen MR) is 58.1 cm³/mol. The number of hydrogen-bond acceptors (Lipinski definition) is 2. The largest absolute Gasteiger partial charge is 0.313 e. The maximum atomic E-state index is 4.34. The van der Waals surface area contributed by atoms with Gasteiger partial charge in [0.2, 0.25) is 0 Å². The SMILES string of the molecule is CNC(CC1CC1)c1ccc(C)nc1. The van der Waals surface area contributed by atoms with Crippen LogP contribution in [-0.2, 0) is 0 Å². The van der Waals surface area contributed by atoms with Gasteiger partial charge in [-0.15, -0.1) is 0 Å². The Morgan fingerprint density at radius 2 is 2.29 bits per heavy atom. The van der Waals surface area contributed by atoms with Crippen LogP contribution in [0, 0.1) is 12.8 Å². The van der Waals surface area contributed by atoms with E-state index in [2.05, 4.69) is 22.4 Å². The number of pyridine rings is 1. The summed E-state index contributed by atoms with van der Waals surface area (Å²) >= 11 is 0. The summed E-state index contributed by atoms with van der Waals surface area (Å²) in [7, 11) is 2.03. The zero-order chi connectivity index (χ0) is 9.97. The molecule has 0 bridgehead atoms. The number of hydrogen-bond donors (Lipinski definition) is 1. The van der Waals surface area contributed by atoms with E-state index < -0.39 is 0 Å². The summed E-state index contributed by atoms with van der Waals surface area (Å²) < 4.78 is 0. The first-order valence-electron chi connectivity index (χ1n) is 5.39. The molecule has 2 heteroatoms. The minimum absolute atomic E-state index is 0.496. The zero-order valence-electron chi connectivity index (χ0n) is 8.96. The van der Waals surface area contributed by atoms with Crippen LogP contribution in [0.15, 0.2) is 18.3 Å². The molecule has 0 aliphatic heterocycles. The normalized spacial score (nSPS) is 18.1. The lowest BCUT2D eigenvalue weighted by atomic mass is 10.0. The van der Waals surface area contributed by atoms with Crippen LogP contribution >= 0.6 is 0 Å². The molecule has 0 amide bonds. The highest BCUT2D eigenvalue weighted by molar-refractivity contribution is 5.17. The number of aromatic nitrogens is 1. The number of nitrogens with one attached hydrogen (secondary N) is 1. The molecule has 2 rings (SSSR count). The van der Waals surface area contributed by atoms with Gasteiger partial charge in [-0.25, -0.2) is 0 Å². The molecule has 1 saturated carbocycles. The molecule has 1 aliphatic carbocycles. The second-order valence-electron chi connectivity index (χ2n) is 4.25. The summed E-state index contributed by atoms with van der Waals surface area (Å²) in [6.07, 6.45) is 6.09. The van der Waals surface area contributed by atoms with Crippen LogP contribution < -0.4 is 5.32 Å². The zero-order valence-corrected chi connectivity index (χ0v) is 8.96. The second-order valence-corrected chi connectivity index (χ2v) is 4.25. The van der Waals surface area contributed by atoms with Crippen LogP contribution in [0.5, 0.6) is 0 Å². The fraction of sp³-hybridized carbons (Fsp3) is 0.583. The van der Waals surface area contributed by atoms with Gasteiger partial charge in [-0.3, -0.25) is 4.98 Å². The smallest absolute Gasteiger partial charge is 0.0372 e. The lowest BCUT2D eigenvalue weighted by Gasteiger charge is -2.15. The molecule has 1 aliphatic rings. The van der Waals surface area contributed by atoms with E-state index in [-0.39, 0.29) is 0 Å². The Balaban J connectivity index is 2.05. The summed E-state index contributed by atoms with van der Waals surface area (Å²) in [6, 6.07) is 4.77. The van der Waals surface area contributed by atoms with Gasteiger partial charge >= 0.3 is 0 Å². The van der Waals surface area contributed by atoms with Crippen molar-refractivity contribution in [1.29, 1.82) is 0 Å². The van der Waals surface area contributed by atoms with E-state index in [0.717, 1.165) is 11.6 Å². The fourth-order valence-corrected chi connectivity index (χ4v) is 1.79. The Kier molecular flexibility index (Phi) is 2.82. The Morgan fingerprint density at radius 3 is 2.79 bits per heavy atom. The van der Waals surface area contributed by atoms with Crippen LogP contribution in [-0.4, -0.2) is 12.0 Å². The highest BCUT2D eigenvalue weighted by atomic mass is 14.9. The molecule has 1 atom stereocenters. The first-order valence-corrected chi connectivity index (χ1v) is 5.39. The molecular weight excluding hydrogens is 172 g/mol. The van der Waals surface area contributed by atoms with Gasteiger partial charge in [0.1, 0.15) is 0 Å². The van der Waals surface area contributed by atoms with Crippen LogP contribution in [0.1, 0.15) is 36.6 Å². The Hall–Kier alpha value is -0.890. The molecule has 76 valence electrons. The first kappa shape index (κ1) is 9.66. The quantitative estimate of drug-likeness (QED) is 0.789. The Labute approximate surface area is 85.7 Å². The second kappa shape index (κ2) is 4.09. The van der Waals surface area contributed by atoms with Crippen molar-refractivity contribution in [1.82, 2.24) is 10.3 Å². The van der Waals surface area contributed by atoms with E-state index in [9.17, 15) is 0 Å². The fourth-order valence-electron chi connectivity index (χ4n) is 1.79. The summed E-state index contributed by atoms with van der Waals surface area (Å²) in [6.45, 7) is 2.03. The van der Waals surface area contributed by atoms with Gasteiger partial charge in [0.05, 0.1) is 0 Å². The van der Waals surface area contributed by atoms with Crippen LogP contribution in [0.4, 0.5) is 0 Å². The van der Waals surface area contributed by atoms with Gasteiger partial charge < -0.3 is 5.32 Å². The monoisotopic (exact) mass is 190 g/mol. The molecule has 1 aromatic heterocycles. The minimum atomic E-state index is 0.496. The molecule has 2 nitrogen and oxygen atoms in total. The third-order valence-electron chi connectivity index (χ3n) is 2.95. The Morgan fingerprint density at radius 1 is 1.50 bits per heavy atom. The van der Waals surface area contributed by atoms with Gasteiger partial charge in [-0.05, 0) is 37.9 Å². The number of nitrogens with zero attached hydrogens (tertiary/aromatic N) is 1. The van der Waals surface area contributed by atoms with Gasteiger partial charge in [0.15, 0.2) is 0 Å². The lowest BCUT2D eigenvalue weighted by Crippen LogP contribution is -2.17. The van der Waals surface area contributed by atoms with Crippen LogP contribution in [0.25, 0.3) is 0 Å². The third-order valence-corrected chi connectivity index (χ3v) is 2.95. The van der Waals surface area contributed by atoms with Gasteiger partial charge in [0, 0.05) is 17.9 Å². The third kappa shape index (κ3) is 2.32. The average molecular weight is 190 g/mol. The van der Waals surface area contributed by atoms with E-state index in [1.807, 2.05) is 20.2 Å². The first-order chi connectivity index (χ1) is 6.79. The Bertz CT molecular complexity index is 288. The molecule has 1 heterocycles. The van der Waals surface area contributed by atoms with E-state index >= 15 is 0 Å². The predicted octanol–water partition coefficient (Wildman–Crippen LogP) is 2.45. The molecule has 0 saturated heterocycles. The highest BCUT2D eigenvalue weighted by Gasteiger charge is 2.25. The molecule has 0 aromatic carbocycles. The minimum Gasteiger partial charge on any atom is -0.313 e. The summed E-state index contributed by atoms with van der Waals surface area (Å²) in [5, 5.41) is 3.37. The molecule has 1 fully saturated rings. The van der Waals surface area contributed by atoms with E-state index in [1.54, 1.807) is 0 Å². The van der Waals surface area contributed by atoms with Gasteiger partial charge in [-0.2, -0.15) is 0 Å². The molecule has 1 aromatic rings. The lowest BCUT2D eigenvalue weighted by molar-refractivity contribution is 0.513. The van der Waals surface area contributed by atoms with E-state index in [4.69, 9.17) is 0 Å². The van der Waals surface area contributed by atoms with Crippen molar-refractivity contribution in [2.24, 2.45) is 5.92 Å². The van der Waals surface area contributed by atoms with Crippen molar-refractivity contribution in [3.05, 3.63) is 29.6 Å². The molecule has 1 unspecified atom stereocenters. The molecule has 0 spiro atoms. The topological polar surface area (TPSA) is 24.9 Å². The number of rotatable bonds is 4. The maximum absolute atomic E-state index is 4.34. The maximum Gasteiger partial charge on any atom is 0.0372 e. The molecule has 1 N–H and O–H groups in total.